The molecule has 0 saturated carbocycles. The fourth-order valence-corrected chi connectivity index (χ4v) is 3.36. The Bertz CT molecular complexity index is 684. The van der Waals surface area contributed by atoms with Crippen LogP contribution in [-0.2, 0) is 6.42 Å². The molecule has 1 aliphatic heterocycles. The quantitative estimate of drug-likeness (QED) is 0.839. The minimum Gasteiger partial charge on any atom is -0.358 e. The number of hydrogen-bond donors (Lipinski definition) is 0. The lowest BCUT2D eigenvalue weighted by Gasteiger charge is -2.41. The van der Waals surface area contributed by atoms with Crippen LogP contribution in [0.4, 0.5) is 8.78 Å². The van der Waals surface area contributed by atoms with E-state index in [1.54, 1.807) is 16.2 Å². The van der Waals surface area contributed by atoms with Crippen LogP contribution in [0.25, 0.3) is 17.0 Å². The molecular formula is C15H12F2N2S. The Labute approximate surface area is 119 Å². The molecule has 20 heavy (non-hydrogen) atoms. The number of halogens is 2. The van der Waals surface area contributed by atoms with E-state index in [0.717, 1.165) is 34.6 Å². The number of hydrogen-bond acceptors (Lipinski definition) is 3. The van der Waals surface area contributed by atoms with Crippen molar-refractivity contribution in [3.8, 4) is 11.3 Å². The van der Waals surface area contributed by atoms with Gasteiger partial charge >= 0.3 is 0 Å². The first-order valence-corrected chi connectivity index (χ1v) is 7.42. The Morgan fingerprint density at radius 2 is 2.05 bits per heavy atom. The van der Waals surface area contributed by atoms with Gasteiger partial charge in [-0.2, -0.15) is 11.3 Å². The van der Waals surface area contributed by atoms with Gasteiger partial charge < -0.3 is 4.90 Å². The van der Waals surface area contributed by atoms with E-state index in [1.165, 1.54) is 0 Å². The second-order valence-electron chi connectivity index (χ2n) is 5.22. The Hall–Kier alpha value is -1.75. The van der Waals surface area contributed by atoms with Gasteiger partial charge in [-0.3, -0.25) is 0 Å². The fraction of sp³-hybridized carbons (Fsp3) is 0.267. The number of pyridine rings is 1. The van der Waals surface area contributed by atoms with Crippen molar-refractivity contribution >= 4 is 17.0 Å². The molecule has 0 spiro atoms. The van der Waals surface area contributed by atoms with Crippen molar-refractivity contribution in [2.24, 2.45) is 0 Å². The second kappa shape index (κ2) is 4.12. The third-order valence-electron chi connectivity index (χ3n) is 3.74. The molecule has 4 rings (SSSR count). The summed E-state index contributed by atoms with van der Waals surface area (Å²) in [5.41, 5.74) is 4.84. The highest BCUT2D eigenvalue weighted by Gasteiger charge is 2.45. The van der Waals surface area contributed by atoms with Crippen LogP contribution >= 0.6 is 11.3 Å². The Morgan fingerprint density at radius 1 is 1.20 bits per heavy atom. The first kappa shape index (κ1) is 12.0. The van der Waals surface area contributed by atoms with Crippen molar-refractivity contribution < 1.29 is 8.78 Å². The summed E-state index contributed by atoms with van der Waals surface area (Å²) in [6.45, 7) is -0.384. The van der Waals surface area contributed by atoms with Crippen LogP contribution < -0.4 is 0 Å². The average Bonchev–Trinajstić information content (AvgIpc) is 3.04. The van der Waals surface area contributed by atoms with Crippen molar-refractivity contribution in [1.29, 1.82) is 0 Å². The van der Waals surface area contributed by atoms with Crippen molar-refractivity contribution in [1.82, 2.24) is 9.88 Å². The van der Waals surface area contributed by atoms with Crippen LogP contribution in [-0.4, -0.2) is 28.9 Å². The van der Waals surface area contributed by atoms with E-state index < -0.39 is 5.92 Å². The van der Waals surface area contributed by atoms with Crippen LogP contribution in [0.3, 0.4) is 0 Å². The molecule has 2 aromatic heterocycles. The van der Waals surface area contributed by atoms with Gasteiger partial charge in [0.2, 0.25) is 0 Å². The first-order chi connectivity index (χ1) is 9.62. The van der Waals surface area contributed by atoms with Gasteiger partial charge in [0.15, 0.2) is 0 Å². The monoisotopic (exact) mass is 290 g/mol. The summed E-state index contributed by atoms with van der Waals surface area (Å²) in [5.74, 6) is -2.55. The van der Waals surface area contributed by atoms with Gasteiger partial charge in [-0.15, -0.1) is 0 Å². The van der Waals surface area contributed by atoms with Crippen LogP contribution in [0, 0.1) is 0 Å². The topological polar surface area (TPSA) is 16.1 Å². The number of aromatic nitrogens is 1. The van der Waals surface area contributed by atoms with Crippen LogP contribution in [0.15, 0.2) is 35.0 Å². The lowest BCUT2D eigenvalue weighted by molar-refractivity contribution is -0.105. The largest absolute Gasteiger partial charge is 0.358 e. The van der Waals surface area contributed by atoms with E-state index in [4.69, 9.17) is 0 Å². The van der Waals surface area contributed by atoms with Gasteiger partial charge in [0.1, 0.15) is 0 Å². The van der Waals surface area contributed by atoms with E-state index >= 15 is 0 Å². The molecule has 0 bridgehead atoms. The van der Waals surface area contributed by atoms with Gasteiger partial charge in [-0.05, 0) is 29.5 Å². The lowest BCUT2D eigenvalue weighted by Crippen LogP contribution is -2.54. The Kier molecular flexibility index (Phi) is 2.48. The number of alkyl halides is 2. The van der Waals surface area contributed by atoms with Crippen LogP contribution in [0.1, 0.15) is 11.3 Å². The molecule has 0 amide bonds. The SMILES string of the molecule is FC1(F)CN(C2=CCc3ccc(-c4ccsc4)nc32)C1. The second-order valence-corrected chi connectivity index (χ2v) is 6.00. The molecule has 0 atom stereocenters. The summed E-state index contributed by atoms with van der Waals surface area (Å²) >= 11 is 1.63. The van der Waals surface area contributed by atoms with Gasteiger partial charge in [-0.1, -0.05) is 12.1 Å². The van der Waals surface area contributed by atoms with E-state index in [1.807, 2.05) is 29.0 Å². The predicted molar refractivity (Wildman–Crippen MR) is 75.8 cm³/mol. The molecule has 2 aliphatic rings. The van der Waals surface area contributed by atoms with Gasteiger partial charge in [0.05, 0.1) is 30.2 Å². The molecule has 2 aromatic rings. The molecule has 3 heterocycles. The minimum absolute atomic E-state index is 0.192. The van der Waals surface area contributed by atoms with E-state index in [-0.39, 0.29) is 13.1 Å². The summed E-state index contributed by atoms with van der Waals surface area (Å²) in [4.78, 5) is 6.40. The predicted octanol–water partition coefficient (Wildman–Crippen LogP) is 3.66. The minimum atomic E-state index is -2.55. The highest BCUT2D eigenvalue weighted by molar-refractivity contribution is 7.08. The van der Waals surface area contributed by atoms with Gasteiger partial charge in [-0.25, -0.2) is 13.8 Å². The molecule has 2 nitrogen and oxygen atoms in total. The molecule has 0 aromatic carbocycles. The first-order valence-electron chi connectivity index (χ1n) is 6.48. The van der Waals surface area contributed by atoms with Crippen molar-refractivity contribution in [2.45, 2.75) is 12.3 Å². The Morgan fingerprint density at radius 3 is 2.75 bits per heavy atom. The van der Waals surface area contributed by atoms with Crippen LogP contribution in [0.5, 0.6) is 0 Å². The van der Waals surface area contributed by atoms with E-state index in [9.17, 15) is 8.78 Å². The van der Waals surface area contributed by atoms with Crippen LogP contribution in [0.2, 0.25) is 0 Å². The number of nitrogens with zero attached hydrogens (tertiary/aromatic N) is 2. The fourth-order valence-electron chi connectivity index (χ4n) is 2.71. The maximum Gasteiger partial charge on any atom is 0.282 e. The summed E-state index contributed by atoms with van der Waals surface area (Å²) < 4.78 is 26.1. The number of fused-ring (bicyclic) bond motifs is 1. The zero-order valence-electron chi connectivity index (χ0n) is 10.6. The number of allylic oxidation sites excluding steroid dienone is 1. The summed E-state index contributed by atoms with van der Waals surface area (Å²) in [7, 11) is 0. The average molecular weight is 290 g/mol. The number of likely N-dealkylation sites (tertiary alicyclic amines) is 1. The molecule has 5 heteroatoms. The highest BCUT2D eigenvalue weighted by Crippen LogP contribution is 2.38. The Balaban J connectivity index is 1.68. The summed E-state index contributed by atoms with van der Waals surface area (Å²) in [6.07, 6.45) is 2.79. The maximum absolute atomic E-state index is 13.0. The van der Waals surface area contributed by atoms with Crippen molar-refractivity contribution in [2.75, 3.05) is 13.1 Å². The molecule has 0 unspecified atom stereocenters. The molecule has 0 radical (unpaired) electrons. The summed E-state index contributed by atoms with van der Waals surface area (Å²) in [5, 5.41) is 4.06. The van der Waals surface area contributed by atoms with Gasteiger partial charge in [0, 0.05) is 10.9 Å². The molecule has 1 aliphatic carbocycles. The molecule has 1 saturated heterocycles. The molecule has 102 valence electrons. The number of thiophene rings is 1. The van der Waals surface area contributed by atoms with Gasteiger partial charge in [0.25, 0.3) is 5.92 Å². The van der Waals surface area contributed by atoms with Crippen molar-refractivity contribution in [3.63, 3.8) is 0 Å². The van der Waals surface area contributed by atoms with Crippen molar-refractivity contribution in [3.05, 3.63) is 46.3 Å². The smallest absolute Gasteiger partial charge is 0.282 e. The zero-order valence-corrected chi connectivity index (χ0v) is 11.5. The molecular weight excluding hydrogens is 278 g/mol. The number of rotatable bonds is 2. The van der Waals surface area contributed by atoms with E-state index in [0.29, 0.717) is 0 Å². The third-order valence-corrected chi connectivity index (χ3v) is 4.42. The van der Waals surface area contributed by atoms with E-state index in [2.05, 4.69) is 11.1 Å². The molecule has 0 N–H and O–H groups in total. The molecule has 1 fully saturated rings. The third kappa shape index (κ3) is 1.85. The standard InChI is InChI=1S/C15H12F2N2S/c16-15(17)8-19(9-15)13-4-2-10-1-3-12(18-14(10)13)11-5-6-20-7-11/h1,3-7H,2,8-9H2. The highest BCUT2D eigenvalue weighted by atomic mass is 32.1. The lowest BCUT2D eigenvalue weighted by atomic mass is 10.1. The summed E-state index contributed by atoms with van der Waals surface area (Å²) in [6, 6.07) is 6.08. The normalized spacial score (nSPS) is 19.5. The zero-order chi connectivity index (χ0) is 13.7. The maximum atomic E-state index is 13.0.